The Morgan fingerprint density at radius 3 is 2.13 bits per heavy atom. The van der Waals surface area contributed by atoms with E-state index in [-0.39, 0.29) is 18.4 Å². The molecule has 2 amide bonds. The summed E-state index contributed by atoms with van der Waals surface area (Å²) in [7, 11) is 0. The zero-order valence-electron chi connectivity index (χ0n) is 7.88. The van der Waals surface area contributed by atoms with E-state index in [2.05, 4.69) is 0 Å². The molecule has 0 saturated carbocycles. The Morgan fingerprint density at radius 2 is 1.67 bits per heavy atom. The van der Waals surface area contributed by atoms with Crippen LogP contribution in [0.3, 0.4) is 0 Å². The van der Waals surface area contributed by atoms with Gasteiger partial charge in [-0.05, 0) is 18.2 Å². The van der Waals surface area contributed by atoms with Crippen LogP contribution in [0.25, 0.3) is 0 Å². The van der Waals surface area contributed by atoms with Crippen LogP contribution in [0.15, 0.2) is 36.5 Å². The zero-order valence-corrected chi connectivity index (χ0v) is 7.88. The molecule has 1 aromatic rings. The normalized spacial score (nSPS) is 15.1. The molecule has 1 N–H and O–H groups in total. The van der Waals surface area contributed by atoms with E-state index in [0.717, 1.165) is 4.90 Å². The second-order valence-corrected chi connectivity index (χ2v) is 3.09. The average Bonchev–Trinajstić information content (AvgIpc) is 2.51. The topological polar surface area (TPSA) is 57.6 Å². The van der Waals surface area contributed by atoms with Gasteiger partial charge in [-0.25, -0.2) is 4.90 Å². The molecular formula is C11H9NO3. The van der Waals surface area contributed by atoms with Crippen molar-refractivity contribution in [3.05, 3.63) is 47.7 Å². The molecule has 0 saturated heterocycles. The van der Waals surface area contributed by atoms with E-state index in [9.17, 15) is 9.59 Å². The highest BCUT2D eigenvalue weighted by molar-refractivity contribution is 6.21. The van der Waals surface area contributed by atoms with Gasteiger partial charge in [0.1, 0.15) is 0 Å². The Morgan fingerprint density at radius 1 is 1.13 bits per heavy atom. The van der Waals surface area contributed by atoms with Gasteiger partial charge in [0.15, 0.2) is 0 Å². The first-order valence-corrected chi connectivity index (χ1v) is 4.50. The second kappa shape index (κ2) is 3.67. The fraction of sp³-hybridized carbons (Fsp3) is 0.0909. The van der Waals surface area contributed by atoms with Gasteiger partial charge in [-0.2, -0.15) is 0 Å². The van der Waals surface area contributed by atoms with Gasteiger partial charge in [-0.1, -0.05) is 12.1 Å². The summed E-state index contributed by atoms with van der Waals surface area (Å²) >= 11 is 0. The minimum Gasteiger partial charge on any atom is -0.392 e. The number of carbonyl (C=O) groups is 2. The monoisotopic (exact) mass is 203 g/mol. The maximum absolute atomic E-state index is 11.7. The van der Waals surface area contributed by atoms with Gasteiger partial charge in [-0.3, -0.25) is 9.59 Å². The molecule has 2 rings (SSSR count). The molecule has 0 bridgehead atoms. The number of rotatable bonds is 2. The third-order valence-electron chi connectivity index (χ3n) is 2.19. The quantitative estimate of drug-likeness (QED) is 0.723. The number of hydrogen-bond acceptors (Lipinski definition) is 3. The zero-order chi connectivity index (χ0) is 10.8. The summed E-state index contributed by atoms with van der Waals surface area (Å²) in [4.78, 5) is 24.4. The Kier molecular flexibility index (Phi) is 2.35. The lowest BCUT2D eigenvalue weighted by Gasteiger charge is -2.05. The van der Waals surface area contributed by atoms with Crippen molar-refractivity contribution in [2.75, 3.05) is 6.61 Å². The minimum atomic E-state index is -0.347. The molecule has 0 radical (unpaired) electrons. The van der Waals surface area contributed by atoms with Crippen LogP contribution in [0.1, 0.15) is 20.7 Å². The van der Waals surface area contributed by atoms with Crippen LogP contribution in [0.5, 0.6) is 0 Å². The summed E-state index contributed by atoms with van der Waals surface area (Å²) in [5, 5.41) is 8.58. The molecule has 15 heavy (non-hydrogen) atoms. The fourth-order valence-corrected chi connectivity index (χ4v) is 1.50. The molecular weight excluding hydrogens is 194 g/mol. The number of carbonyl (C=O) groups excluding carboxylic acids is 2. The molecule has 0 spiro atoms. The summed E-state index contributed by atoms with van der Waals surface area (Å²) in [6.07, 6.45) is 2.65. The van der Waals surface area contributed by atoms with Crippen LogP contribution in [0, 0.1) is 0 Å². The van der Waals surface area contributed by atoms with Gasteiger partial charge in [0.05, 0.1) is 17.7 Å². The van der Waals surface area contributed by atoms with Crippen molar-refractivity contribution >= 4 is 11.8 Å². The van der Waals surface area contributed by atoms with E-state index >= 15 is 0 Å². The predicted octanol–water partition coefficient (Wildman–Crippen LogP) is 0.789. The van der Waals surface area contributed by atoms with Crippen molar-refractivity contribution in [3.63, 3.8) is 0 Å². The molecule has 1 aromatic carbocycles. The van der Waals surface area contributed by atoms with Crippen molar-refractivity contribution in [2.24, 2.45) is 0 Å². The molecule has 0 fully saturated rings. The van der Waals surface area contributed by atoms with Crippen LogP contribution < -0.4 is 0 Å². The highest BCUT2D eigenvalue weighted by Gasteiger charge is 2.33. The molecule has 0 unspecified atom stereocenters. The van der Waals surface area contributed by atoms with Crippen molar-refractivity contribution in [2.45, 2.75) is 0 Å². The molecule has 1 aliphatic heterocycles. The van der Waals surface area contributed by atoms with E-state index in [1.54, 1.807) is 24.3 Å². The van der Waals surface area contributed by atoms with E-state index in [0.29, 0.717) is 11.1 Å². The van der Waals surface area contributed by atoms with E-state index in [4.69, 9.17) is 5.11 Å². The van der Waals surface area contributed by atoms with Crippen molar-refractivity contribution in [1.29, 1.82) is 0 Å². The third kappa shape index (κ3) is 1.45. The number of aliphatic hydroxyl groups is 1. The van der Waals surface area contributed by atoms with Crippen LogP contribution in [-0.2, 0) is 0 Å². The summed E-state index contributed by atoms with van der Waals surface area (Å²) in [6, 6.07) is 6.65. The molecule has 0 aliphatic carbocycles. The first kappa shape index (κ1) is 9.61. The number of imide groups is 1. The number of amides is 2. The molecule has 1 aliphatic rings. The Bertz CT molecular complexity index is 416. The third-order valence-corrected chi connectivity index (χ3v) is 2.19. The number of aliphatic hydroxyl groups excluding tert-OH is 1. The van der Waals surface area contributed by atoms with Gasteiger partial charge in [0.25, 0.3) is 11.8 Å². The van der Waals surface area contributed by atoms with Crippen molar-refractivity contribution in [3.8, 4) is 0 Å². The molecule has 0 aromatic heterocycles. The maximum atomic E-state index is 11.7. The number of hydrogen-bond donors (Lipinski definition) is 1. The van der Waals surface area contributed by atoms with E-state index in [1.807, 2.05) is 0 Å². The Balaban J connectivity index is 2.41. The SMILES string of the molecule is O=C1c2ccccc2C(=O)N1/C=C/CO. The van der Waals surface area contributed by atoms with Gasteiger partial charge in [0.2, 0.25) is 0 Å². The lowest BCUT2D eigenvalue weighted by atomic mass is 10.1. The minimum absolute atomic E-state index is 0.201. The summed E-state index contributed by atoms with van der Waals surface area (Å²) < 4.78 is 0. The van der Waals surface area contributed by atoms with Crippen LogP contribution in [-0.4, -0.2) is 28.4 Å². The van der Waals surface area contributed by atoms with E-state index < -0.39 is 0 Å². The van der Waals surface area contributed by atoms with Gasteiger partial charge in [-0.15, -0.1) is 0 Å². The van der Waals surface area contributed by atoms with E-state index in [1.165, 1.54) is 12.3 Å². The highest BCUT2D eigenvalue weighted by atomic mass is 16.2. The van der Waals surface area contributed by atoms with Crippen LogP contribution in [0.2, 0.25) is 0 Å². The first-order chi connectivity index (χ1) is 7.25. The lowest BCUT2D eigenvalue weighted by molar-refractivity contribution is 0.0721. The molecule has 1 heterocycles. The predicted molar refractivity (Wildman–Crippen MR) is 53.2 cm³/mol. The average molecular weight is 203 g/mol. The smallest absolute Gasteiger partial charge is 0.265 e. The standard InChI is InChI=1S/C11H9NO3/c13-7-3-6-12-10(14)8-4-1-2-5-9(8)11(12)15/h1-6,13H,7H2/b6-3+. The molecule has 4 heteroatoms. The summed E-state index contributed by atoms with van der Waals surface area (Å²) in [5.41, 5.74) is 0.815. The first-order valence-electron chi connectivity index (χ1n) is 4.50. The number of fused-ring (bicyclic) bond motifs is 1. The lowest BCUT2D eigenvalue weighted by Crippen LogP contribution is -2.23. The van der Waals surface area contributed by atoms with Gasteiger partial charge >= 0.3 is 0 Å². The maximum Gasteiger partial charge on any atom is 0.265 e. The molecule has 76 valence electrons. The summed E-state index contributed by atoms with van der Waals surface area (Å²) in [5.74, 6) is -0.694. The van der Waals surface area contributed by atoms with Crippen molar-refractivity contribution < 1.29 is 14.7 Å². The van der Waals surface area contributed by atoms with Crippen LogP contribution in [0.4, 0.5) is 0 Å². The van der Waals surface area contributed by atoms with Gasteiger partial charge in [0, 0.05) is 6.20 Å². The fourth-order valence-electron chi connectivity index (χ4n) is 1.50. The van der Waals surface area contributed by atoms with Crippen molar-refractivity contribution in [1.82, 2.24) is 4.90 Å². The Labute approximate surface area is 86.4 Å². The highest BCUT2D eigenvalue weighted by Crippen LogP contribution is 2.22. The summed E-state index contributed by atoms with van der Waals surface area (Å²) in [6.45, 7) is -0.201. The largest absolute Gasteiger partial charge is 0.392 e. The Hall–Kier alpha value is -1.94. The molecule has 4 nitrogen and oxygen atoms in total. The number of benzene rings is 1. The van der Waals surface area contributed by atoms with Crippen LogP contribution >= 0.6 is 0 Å². The number of nitrogens with zero attached hydrogens (tertiary/aromatic N) is 1. The van der Waals surface area contributed by atoms with Gasteiger partial charge < -0.3 is 5.11 Å². The molecule has 0 atom stereocenters. The second-order valence-electron chi connectivity index (χ2n) is 3.09.